The van der Waals surface area contributed by atoms with Crippen molar-refractivity contribution in [1.82, 2.24) is 14.8 Å². The summed E-state index contributed by atoms with van der Waals surface area (Å²) in [6, 6.07) is 6.17. The topological polar surface area (TPSA) is 105 Å². The van der Waals surface area contributed by atoms with Gasteiger partial charge in [0.25, 0.3) is 0 Å². The zero-order valence-corrected chi connectivity index (χ0v) is 11.4. The monoisotopic (exact) mass is 289 g/mol. The van der Waals surface area contributed by atoms with Crippen molar-refractivity contribution in [2.24, 2.45) is 0 Å². The summed E-state index contributed by atoms with van der Waals surface area (Å²) in [5.74, 6) is -1.23. The largest absolute Gasteiger partial charge is 0.480 e. The van der Waals surface area contributed by atoms with E-state index < -0.39 is 17.7 Å². The fourth-order valence-electron chi connectivity index (χ4n) is 1.90. The smallest absolute Gasteiger partial charge is 0.365 e. The number of hydrogen-bond donors (Lipinski definition) is 2. The number of aliphatic hydroxyl groups is 1. The van der Waals surface area contributed by atoms with Crippen molar-refractivity contribution in [2.75, 3.05) is 6.61 Å². The average Bonchev–Trinajstić information content (AvgIpc) is 2.46. The molecule has 0 saturated heterocycles. The molecule has 21 heavy (non-hydrogen) atoms. The van der Waals surface area contributed by atoms with Gasteiger partial charge in [-0.3, -0.25) is 0 Å². The minimum absolute atomic E-state index is 0.103. The summed E-state index contributed by atoms with van der Waals surface area (Å²) in [4.78, 5) is 26.9. The predicted molar refractivity (Wildman–Crippen MR) is 74.8 cm³/mol. The van der Waals surface area contributed by atoms with Gasteiger partial charge in [0.2, 0.25) is 0 Å². The highest BCUT2D eigenvalue weighted by atomic mass is 16.4. The van der Waals surface area contributed by atoms with Crippen LogP contribution < -0.4 is 5.69 Å². The molecule has 1 unspecified atom stereocenters. The van der Waals surface area contributed by atoms with Crippen LogP contribution in [0.15, 0.2) is 35.3 Å². The van der Waals surface area contributed by atoms with E-state index in [2.05, 4.69) is 10.1 Å². The Morgan fingerprint density at radius 3 is 2.52 bits per heavy atom. The summed E-state index contributed by atoms with van der Waals surface area (Å²) >= 11 is 0. The van der Waals surface area contributed by atoms with E-state index >= 15 is 0 Å². The van der Waals surface area contributed by atoms with Crippen molar-refractivity contribution >= 4 is 5.97 Å². The Labute approximate surface area is 120 Å². The van der Waals surface area contributed by atoms with Crippen molar-refractivity contribution in [2.45, 2.75) is 19.4 Å². The van der Waals surface area contributed by atoms with E-state index in [1.54, 1.807) is 0 Å². The number of rotatable bonds is 5. The number of carbonyl (C=O) groups is 1. The highest BCUT2D eigenvalue weighted by Gasteiger charge is 2.22. The second-order valence-electron chi connectivity index (χ2n) is 4.60. The fraction of sp³-hybridized carbons (Fsp3) is 0.286. The minimum atomic E-state index is -1.23. The molecule has 0 aliphatic rings. The number of aromatic nitrogens is 3. The summed E-state index contributed by atoms with van der Waals surface area (Å²) in [5.41, 5.74) is 1.43. The van der Waals surface area contributed by atoms with E-state index in [9.17, 15) is 9.59 Å². The molecule has 0 saturated carbocycles. The van der Waals surface area contributed by atoms with Gasteiger partial charge in [-0.15, -0.1) is 0 Å². The van der Waals surface area contributed by atoms with Crippen LogP contribution in [0, 0.1) is 6.92 Å². The predicted octanol–water partition coefficient (Wildman–Crippen LogP) is 0.622. The molecular weight excluding hydrogens is 274 g/mol. The molecule has 0 spiro atoms. The molecule has 7 heteroatoms. The summed E-state index contributed by atoms with van der Waals surface area (Å²) in [6.45, 7) is 1.59. The highest BCUT2D eigenvalue weighted by Crippen LogP contribution is 2.15. The molecule has 0 fully saturated rings. The first-order chi connectivity index (χ1) is 10.0. The lowest BCUT2D eigenvalue weighted by atomic mass is 10.1. The second kappa shape index (κ2) is 6.27. The number of aliphatic carboxylic acids is 1. The van der Waals surface area contributed by atoms with Crippen LogP contribution in [0.2, 0.25) is 0 Å². The molecule has 2 aromatic rings. The van der Waals surface area contributed by atoms with Crippen molar-refractivity contribution in [3.63, 3.8) is 0 Å². The second-order valence-corrected chi connectivity index (χ2v) is 4.60. The van der Waals surface area contributed by atoms with Gasteiger partial charge in [-0.25, -0.2) is 9.59 Å². The van der Waals surface area contributed by atoms with E-state index in [-0.39, 0.29) is 13.0 Å². The van der Waals surface area contributed by atoms with Crippen LogP contribution in [-0.4, -0.2) is 37.6 Å². The first-order valence-electron chi connectivity index (χ1n) is 6.39. The van der Waals surface area contributed by atoms with E-state index in [0.717, 1.165) is 15.8 Å². The van der Waals surface area contributed by atoms with Gasteiger partial charge in [0.1, 0.15) is 0 Å². The van der Waals surface area contributed by atoms with Crippen LogP contribution in [0.3, 0.4) is 0 Å². The summed E-state index contributed by atoms with van der Waals surface area (Å²) < 4.78 is 0.774. The Kier molecular flexibility index (Phi) is 4.44. The number of nitrogens with zero attached hydrogens (tertiary/aromatic N) is 3. The van der Waals surface area contributed by atoms with Crippen LogP contribution in [0.1, 0.15) is 18.0 Å². The van der Waals surface area contributed by atoms with Crippen molar-refractivity contribution in [3.05, 3.63) is 46.5 Å². The maximum Gasteiger partial charge on any atom is 0.365 e. The lowest BCUT2D eigenvalue weighted by Crippen LogP contribution is -2.34. The number of aryl methyl sites for hydroxylation is 1. The van der Waals surface area contributed by atoms with Gasteiger partial charge in [-0.1, -0.05) is 29.8 Å². The van der Waals surface area contributed by atoms with Crippen molar-refractivity contribution < 1.29 is 15.0 Å². The van der Waals surface area contributed by atoms with E-state index in [1.165, 1.54) is 6.20 Å². The molecule has 0 bridgehead atoms. The first kappa shape index (κ1) is 14.9. The molecular formula is C14H15N3O4. The molecule has 0 aliphatic carbocycles. The number of benzene rings is 1. The van der Waals surface area contributed by atoms with Gasteiger partial charge < -0.3 is 10.2 Å². The van der Waals surface area contributed by atoms with E-state index in [1.807, 2.05) is 31.2 Å². The van der Waals surface area contributed by atoms with Gasteiger partial charge in [0.05, 0.1) is 11.9 Å². The van der Waals surface area contributed by atoms with Crippen LogP contribution in [0.4, 0.5) is 0 Å². The number of hydrogen-bond acceptors (Lipinski definition) is 5. The third-order valence-electron chi connectivity index (χ3n) is 3.05. The fourth-order valence-corrected chi connectivity index (χ4v) is 1.90. The molecule has 0 aliphatic heterocycles. The maximum absolute atomic E-state index is 11.9. The van der Waals surface area contributed by atoms with Crippen molar-refractivity contribution in [3.8, 4) is 11.3 Å². The Hall–Kier alpha value is -2.54. The van der Waals surface area contributed by atoms with Crippen LogP contribution >= 0.6 is 0 Å². The molecule has 1 aromatic heterocycles. The third-order valence-corrected chi connectivity index (χ3v) is 3.05. The molecule has 110 valence electrons. The van der Waals surface area contributed by atoms with Crippen LogP contribution in [0.25, 0.3) is 11.3 Å². The normalized spacial score (nSPS) is 12.1. The highest BCUT2D eigenvalue weighted by molar-refractivity contribution is 5.71. The minimum Gasteiger partial charge on any atom is -0.480 e. The zero-order chi connectivity index (χ0) is 15.4. The van der Waals surface area contributed by atoms with E-state index in [4.69, 9.17) is 10.2 Å². The summed E-state index contributed by atoms with van der Waals surface area (Å²) in [7, 11) is 0. The maximum atomic E-state index is 11.9. The lowest BCUT2D eigenvalue weighted by Gasteiger charge is -2.12. The molecule has 1 aromatic carbocycles. The summed E-state index contributed by atoms with van der Waals surface area (Å²) in [6.07, 6.45) is 1.24. The SMILES string of the molecule is Cc1ccc(-c2cnn(C(CCO)C(=O)O)c(=O)n2)cc1. The quantitative estimate of drug-likeness (QED) is 0.836. The van der Waals surface area contributed by atoms with Gasteiger partial charge in [0.15, 0.2) is 6.04 Å². The van der Waals surface area contributed by atoms with Gasteiger partial charge in [-0.05, 0) is 6.92 Å². The Morgan fingerprint density at radius 2 is 2.00 bits per heavy atom. The molecule has 1 heterocycles. The first-order valence-corrected chi connectivity index (χ1v) is 6.39. The average molecular weight is 289 g/mol. The Morgan fingerprint density at radius 1 is 1.33 bits per heavy atom. The molecule has 2 rings (SSSR count). The molecule has 7 nitrogen and oxygen atoms in total. The zero-order valence-electron chi connectivity index (χ0n) is 11.4. The third kappa shape index (κ3) is 3.32. The van der Waals surface area contributed by atoms with Crippen LogP contribution in [-0.2, 0) is 4.79 Å². The standard InChI is InChI=1S/C14H15N3O4/c1-9-2-4-10(5-3-9)11-8-15-17(14(21)16-11)12(6-7-18)13(19)20/h2-5,8,12,18H,6-7H2,1H3,(H,19,20). The van der Waals surface area contributed by atoms with E-state index in [0.29, 0.717) is 5.69 Å². The number of aliphatic hydroxyl groups excluding tert-OH is 1. The Balaban J connectivity index is 2.39. The number of carboxylic acid groups (broad SMARTS) is 1. The van der Waals surface area contributed by atoms with Gasteiger partial charge in [-0.2, -0.15) is 14.8 Å². The lowest BCUT2D eigenvalue weighted by molar-refractivity contribution is -0.141. The van der Waals surface area contributed by atoms with Crippen LogP contribution in [0.5, 0.6) is 0 Å². The van der Waals surface area contributed by atoms with Gasteiger partial charge >= 0.3 is 11.7 Å². The molecule has 2 N–H and O–H groups in total. The molecule has 0 radical (unpaired) electrons. The van der Waals surface area contributed by atoms with Crippen molar-refractivity contribution in [1.29, 1.82) is 0 Å². The molecule has 1 atom stereocenters. The number of carboxylic acids is 1. The van der Waals surface area contributed by atoms with Gasteiger partial charge in [0, 0.05) is 18.6 Å². The molecule has 0 amide bonds. The Bertz CT molecular complexity index is 694. The summed E-state index contributed by atoms with van der Waals surface area (Å²) in [5, 5.41) is 21.8.